The van der Waals surface area contributed by atoms with E-state index >= 15 is 0 Å². The molecule has 0 aromatic heterocycles. The molecule has 0 amide bonds. The molecule has 0 aromatic carbocycles. The maximum absolute atomic E-state index is 9.16. The highest BCUT2D eigenvalue weighted by Crippen LogP contribution is 2.39. The first-order valence-corrected chi connectivity index (χ1v) is 58.7. The highest BCUT2D eigenvalue weighted by atomic mass is 16.5. The van der Waals surface area contributed by atoms with Gasteiger partial charge in [-0.05, 0) is 292 Å². The van der Waals surface area contributed by atoms with E-state index in [1.807, 2.05) is 13.8 Å². The van der Waals surface area contributed by atoms with Crippen molar-refractivity contribution in [1.82, 2.24) is 0 Å². The molecule has 0 rings (SSSR count). The summed E-state index contributed by atoms with van der Waals surface area (Å²) in [7, 11) is 8.83. The van der Waals surface area contributed by atoms with Gasteiger partial charge in [0.1, 0.15) is 0 Å². The quantitative estimate of drug-likeness (QED) is 0.0726. The van der Waals surface area contributed by atoms with Gasteiger partial charge in [-0.25, -0.2) is 0 Å². The minimum Gasteiger partial charge on any atom is -0.394 e. The number of aliphatic hydroxyl groups is 3. The monoisotopic (exact) mass is 2100 g/mol. The molecule has 0 aliphatic heterocycles. The Labute approximate surface area is 932 Å². The number of rotatable bonds is 27. The van der Waals surface area contributed by atoms with Gasteiger partial charge < -0.3 is 53.2 Å². The van der Waals surface area contributed by atoms with E-state index in [2.05, 4.69) is 540 Å². The fourth-order valence-corrected chi connectivity index (χ4v) is 14.4. The minimum atomic E-state index is -0.190. The van der Waals surface area contributed by atoms with Crippen molar-refractivity contribution in [3.05, 3.63) is 0 Å². The van der Waals surface area contributed by atoms with Crippen molar-refractivity contribution in [2.45, 2.75) is 660 Å². The summed E-state index contributed by atoms with van der Waals surface area (Å²) in [4.78, 5) is 0. The van der Waals surface area contributed by atoms with Crippen molar-refractivity contribution in [3.63, 3.8) is 0 Å². The lowest BCUT2D eigenvalue weighted by atomic mass is 9.76. The van der Waals surface area contributed by atoms with Crippen molar-refractivity contribution in [3.8, 4) is 0 Å². The fraction of sp³-hybridized carbons (Fsp3) is 1.00. The van der Waals surface area contributed by atoms with Crippen LogP contribution in [0, 0.1) is 176 Å². The zero-order valence-electron chi connectivity index (χ0n) is 118. The summed E-state index contributed by atoms with van der Waals surface area (Å²) < 4.78 is 42.9. The largest absolute Gasteiger partial charge is 0.394 e. The van der Waals surface area contributed by atoms with E-state index in [4.69, 9.17) is 53.2 Å². The summed E-state index contributed by atoms with van der Waals surface area (Å²) in [6.45, 7) is 178. The third-order valence-electron chi connectivity index (χ3n) is 32.1. The predicted octanol–water partition coefficient (Wildman–Crippen LogP) is 42.9. The summed E-state index contributed by atoms with van der Waals surface area (Å²) in [5, 5.41) is 26.6. The molecule has 0 heterocycles. The molecule has 0 radical (unpaired) electrons. The Morgan fingerprint density at radius 1 is 0.205 bits per heavy atom. The summed E-state index contributed by atoms with van der Waals surface area (Å²) in [6.07, 6.45) is 7.56. The second-order valence-corrected chi connectivity index (χ2v) is 63.2. The summed E-state index contributed by atoms with van der Waals surface area (Å²) in [5.74, 6) is 11.3. The van der Waals surface area contributed by atoms with Crippen molar-refractivity contribution >= 4 is 0 Å². The summed E-state index contributed by atoms with van der Waals surface area (Å²) in [6, 6.07) is 0. The number of hydrogen-bond donors (Lipinski definition) is 3. The first kappa shape index (κ1) is 181. The molecule has 3 N–H and O–H groups in total. The smallest absolute Gasteiger partial charge is 0.0701 e. The van der Waals surface area contributed by atoms with Crippen LogP contribution in [0.3, 0.4) is 0 Å². The van der Waals surface area contributed by atoms with E-state index in [0.29, 0.717) is 168 Å². The Kier molecular flexibility index (Phi) is 105. The van der Waals surface area contributed by atoms with Crippen LogP contribution in [0.5, 0.6) is 0 Å². The van der Waals surface area contributed by atoms with Crippen LogP contribution in [0.1, 0.15) is 587 Å². The average molecular weight is 2100 g/mol. The molecular formula is C135H302O11. The normalized spacial score (nSPS) is 17.1. The molecule has 0 fully saturated rings. The van der Waals surface area contributed by atoms with Gasteiger partial charge >= 0.3 is 0 Å². The first-order chi connectivity index (χ1) is 63.1. The van der Waals surface area contributed by atoms with Crippen LogP contribution in [-0.2, 0) is 37.9 Å². The molecule has 908 valence electrons. The number of ether oxygens (including phenoxy) is 8. The van der Waals surface area contributed by atoms with Crippen molar-refractivity contribution in [2.24, 2.45) is 176 Å². The van der Waals surface area contributed by atoms with Gasteiger partial charge in [0, 0.05) is 35.5 Å². The molecule has 11 heteroatoms. The van der Waals surface area contributed by atoms with Gasteiger partial charge in [0.25, 0.3) is 0 Å². The van der Waals surface area contributed by atoms with E-state index in [-0.39, 0.29) is 48.6 Å². The van der Waals surface area contributed by atoms with Crippen LogP contribution in [0.4, 0.5) is 0 Å². The van der Waals surface area contributed by atoms with E-state index in [9.17, 15) is 0 Å². The van der Waals surface area contributed by atoms with E-state index in [0.717, 1.165) is 72.5 Å². The van der Waals surface area contributed by atoms with Gasteiger partial charge in [0.2, 0.25) is 0 Å². The molecule has 22 atom stereocenters. The maximum atomic E-state index is 9.16. The SMILES string of the molecule is C.CC(C)O[C@@H](C)[C@H](C)C(C)(C)C.CC(C)O[C@H](C)[C@H](C)C(C)(C)C.CC(C)[C@@H](C)C(C)(C)C.CC(C)[C@H](C)C(C)(C)C.CC(C)[C@H](C)C(C)(C)C.CC(C)[C@H](C)C(C)(C)C.CC[C@H](C)C(C)(C)C.CO[C@@H](C)CC(C)(C)C.CO[C@@H](C)[C@@H](C)C(C)(C)C.CO[C@H](C)CC(C)(C)C.CO[C@H](C)[C@@H](C)C(C)(C)C.CO[C@H](C)[C@H](C)C(C)(C)C.C[C@@H](O)[C@H](C)C(C)(C)C.C[C@@H](OCCO)[C@H](C)C(C)(C)C.C[C@H](O)CC(C)(C)C. The van der Waals surface area contributed by atoms with Crippen molar-refractivity contribution in [1.29, 1.82) is 0 Å². The van der Waals surface area contributed by atoms with Gasteiger partial charge in [-0.1, -0.05) is 471 Å². The minimum absolute atomic E-state index is 0. The summed E-state index contributed by atoms with van der Waals surface area (Å²) >= 11 is 0. The van der Waals surface area contributed by atoms with Gasteiger partial charge in [0.05, 0.1) is 86.5 Å². The lowest BCUT2D eigenvalue weighted by Gasteiger charge is -2.33. The third-order valence-corrected chi connectivity index (χ3v) is 32.1. The second-order valence-electron chi connectivity index (χ2n) is 63.2. The van der Waals surface area contributed by atoms with E-state index in [1.54, 1.807) is 35.5 Å². The van der Waals surface area contributed by atoms with Crippen LogP contribution in [0.15, 0.2) is 0 Å². The van der Waals surface area contributed by atoms with Crippen LogP contribution in [0.2, 0.25) is 0 Å². The molecule has 0 spiro atoms. The molecular weight excluding hydrogens is 1800 g/mol. The van der Waals surface area contributed by atoms with Crippen LogP contribution < -0.4 is 0 Å². The van der Waals surface area contributed by atoms with Crippen LogP contribution in [-0.4, -0.2) is 137 Å². The number of methoxy groups -OCH3 is 5. The fourth-order valence-electron chi connectivity index (χ4n) is 14.4. The lowest BCUT2D eigenvalue weighted by molar-refractivity contribution is -0.0386. The van der Waals surface area contributed by atoms with Gasteiger partial charge in [-0.3, -0.25) is 0 Å². The Hall–Kier alpha value is -0.440. The maximum Gasteiger partial charge on any atom is 0.0701 e. The second kappa shape index (κ2) is 84.7. The average Bonchev–Trinajstić information content (AvgIpc) is 0.884. The highest BCUT2D eigenvalue weighted by molar-refractivity contribution is 4.83. The van der Waals surface area contributed by atoms with Crippen LogP contribution in [0.25, 0.3) is 0 Å². The molecule has 0 unspecified atom stereocenters. The lowest BCUT2D eigenvalue weighted by Crippen LogP contribution is -2.31. The van der Waals surface area contributed by atoms with Gasteiger partial charge in [-0.15, -0.1) is 0 Å². The molecule has 0 aliphatic rings. The standard InChI is InChI=1S/2C11H24O.C10H22O2.3C9H20O.4C9H20.3C8H18O.C8H18.C7H16O.CH4/c2*1-8(2)12-10(4)9(3)11(5,6)7;1-8(10(3,4)5)9(2)12-7-6-11;3*1-7(8(2)10-6)9(3,4)5;4*1-7(2)8(3)9(4,5)6;2*1-7(9-5)6-8(2,3)4;1-6(7(2)9)8(3,4)5;1-6-7(2)8(3,4)5;1-6(8)5-7(2,3)4;/h2*8-10H,1-7H3;8-9,11H,6-7H2,1-5H3;3*7-8H,1-6H3;4*7-8H,1-6H3;2*7H,6H2,1-5H3;6-7,9H,1-5H3;7H,6H2,1-5H3;6,8H,5H2,1-4H3;1H4/t9-,10+;9-,10-;8-,9+;2*7-,8+;7-,8-;4*8-;2*7-;6-,7+;7-;6-;/m000101100010000./s1. The molecule has 0 bridgehead atoms. The topological polar surface area (TPSA) is 135 Å². The predicted molar refractivity (Wildman–Crippen MR) is 672 cm³/mol. The van der Waals surface area contributed by atoms with Crippen molar-refractivity contribution < 1.29 is 53.2 Å². The third kappa shape index (κ3) is 122. The molecule has 0 saturated carbocycles. The van der Waals surface area contributed by atoms with Crippen LogP contribution >= 0.6 is 0 Å². The summed E-state index contributed by atoms with van der Waals surface area (Å²) in [5.41, 5.74) is 5.75. The van der Waals surface area contributed by atoms with Crippen molar-refractivity contribution in [2.75, 3.05) is 48.8 Å². The highest BCUT2D eigenvalue weighted by Gasteiger charge is 2.33. The molecule has 146 heavy (non-hydrogen) atoms. The Morgan fingerprint density at radius 3 is 0.432 bits per heavy atom. The zero-order chi connectivity index (χ0) is 122. The number of aliphatic hydroxyl groups excluding tert-OH is 3. The molecule has 11 nitrogen and oxygen atoms in total. The Balaban J connectivity index is -0.0000000887. The molecule has 0 saturated heterocycles. The molecule has 0 aromatic rings. The van der Waals surface area contributed by atoms with E-state index in [1.165, 1.54) is 6.42 Å². The number of hydrogen-bond acceptors (Lipinski definition) is 11. The first-order valence-electron chi connectivity index (χ1n) is 58.7. The van der Waals surface area contributed by atoms with Gasteiger partial charge in [0.15, 0.2) is 0 Å². The Morgan fingerprint density at radius 2 is 0.370 bits per heavy atom. The van der Waals surface area contributed by atoms with E-state index < -0.39 is 0 Å². The Bertz CT molecular complexity index is 2480. The van der Waals surface area contributed by atoms with Gasteiger partial charge in [-0.2, -0.15) is 0 Å². The molecule has 0 aliphatic carbocycles. The zero-order valence-corrected chi connectivity index (χ0v) is 118.